The standard InChI is InChI=1S/C26H26ClN5O2/c27-19-2-1-3-21(13-19)32-24-22(23(30-32)25(33)29-14-16-4-5-16)9-11-31(26(24)34)20-7-6-17-8-10-28-15-18(17)12-20/h1-3,6-7,12-13,16,28H,4-5,8-11,14-15H2,(H,29,33). The fraction of sp³-hybridized carbons (Fsp3) is 0.346. The van der Waals surface area contributed by atoms with Gasteiger partial charge >= 0.3 is 0 Å². The van der Waals surface area contributed by atoms with Crippen LogP contribution in [0.3, 0.4) is 0 Å². The van der Waals surface area contributed by atoms with Crippen molar-refractivity contribution in [2.45, 2.75) is 32.2 Å². The number of nitrogens with zero attached hydrogens (tertiary/aromatic N) is 3. The Morgan fingerprint density at radius 3 is 2.82 bits per heavy atom. The second-order valence-electron chi connectivity index (χ2n) is 9.31. The monoisotopic (exact) mass is 475 g/mol. The first-order chi connectivity index (χ1) is 16.6. The Morgan fingerprint density at radius 1 is 1.12 bits per heavy atom. The van der Waals surface area contributed by atoms with E-state index in [-0.39, 0.29) is 11.8 Å². The van der Waals surface area contributed by atoms with Crippen LogP contribution in [0.15, 0.2) is 42.5 Å². The van der Waals surface area contributed by atoms with Crippen molar-refractivity contribution in [3.8, 4) is 5.69 Å². The molecule has 2 N–H and O–H groups in total. The van der Waals surface area contributed by atoms with E-state index in [0.29, 0.717) is 53.1 Å². The molecule has 34 heavy (non-hydrogen) atoms. The molecule has 0 saturated heterocycles. The molecular weight excluding hydrogens is 450 g/mol. The molecule has 3 heterocycles. The Morgan fingerprint density at radius 2 is 2.00 bits per heavy atom. The number of nitrogens with one attached hydrogen (secondary N) is 2. The highest BCUT2D eigenvalue weighted by atomic mass is 35.5. The molecule has 0 radical (unpaired) electrons. The van der Waals surface area contributed by atoms with Gasteiger partial charge in [-0.15, -0.1) is 0 Å². The Hall–Kier alpha value is -3.16. The first-order valence-corrected chi connectivity index (χ1v) is 12.3. The van der Waals surface area contributed by atoms with Crippen LogP contribution in [-0.2, 0) is 19.4 Å². The van der Waals surface area contributed by atoms with Gasteiger partial charge in [-0.3, -0.25) is 9.59 Å². The van der Waals surface area contributed by atoms with E-state index in [1.54, 1.807) is 21.7 Å². The van der Waals surface area contributed by atoms with Crippen LogP contribution < -0.4 is 15.5 Å². The summed E-state index contributed by atoms with van der Waals surface area (Å²) in [6.45, 7) is 2.94. The number of rotatable bonds is 5. The zero-order valence-electron chi connectivity index (χ0n) is 18.8. The van der Waals surface area contributed by atoms with E-state index in [9.17, 15) is 9.59 Å². The highest BCUT2D eigenvalue weighted by Gasteiger charge is 2.35. The Balaban J connectivity index is 1.40. The summed E-state index contributed by atoms with van der Waals surface area (Å²) in [5, 5.41) is 11.6. The molecule has 3 aromatic rings. The molecule has 3 aliphatic rings. The van der Waals surface area contributed by atoms with Gasteiger partial charge in [0.25, 0.3) is 11.8 Å². The first-order valence-electron chi connectivity index (χ1n) is 11.9. The fourth-order valence-corrected chi connectivity index (χ4v) is 5.05. The van der Waals surface area contributed by atoms with Gasteiger partial charge in [-0.25, -0.2) is 4.68 Å². The van der Waals surface area contributed by atoms with Crippen LogP contribution in [0.25, 0.3) is 5.69 Å². The maximum absolute atomic E-state index is 13.9. The van der Waals surface area contributed by atoms with E-state index in [4.69, 9.17) is 11.6 Å². The fourth-order valence-electron chi connectivity index (χ4n) is 4.86. The summed E-state index contributed by atoms with van der Waals surface area (Å²) >= 11 is 6.25. The van der Waals surface area contributed by atoms with Crippen molar-refractivity contribution in [3.05, 3.63) is 75.6 Å². The second-order valence-corrected chi connectivity index (χ2v) is 9.74. The minimum absolute atomic E-state index is 0.154. The lowest BCUT2D eigenvalue weighted by atomic mass is 9.98. The molecular formula is C26H26ClN5O2. The Labute approximate surface area is 203 Å². The van der Waals surface area contributed by atoms with Gasteiger partial charge in [0.1, 0.15) is 5.69 Å². The molecule has 0 bridgehead atoms. The van der Waals surface area contributed by atoms with Gasteiger partial charge < -0.3 is 15.5 Å². The van der Waals surface area contributed by atoms with Crippen LogP contribution in [0.2, 0.25) is 5.02 Å². The Kier molecular flexibility index (Phi) is 5.38. The van der Waals surface area contributed by atoms with E-state index in [0.717, 1.165) is 38.0 Å². The number of aromatic nitrogens is 2. The predicted octanol–water partition coefficient (Wildman–Crippen LogP) is 3.51. The number of fused-ring (bicyclic) bond motifs is 2. The molecule has 1 aromatic heterocycles. The molecule has 6 rings (SSSR count). The highest BCUT2D eigenvalue weighted by Crippen LogP contribution is 2.31. The van der Waals surface area contributed by atoms with E-state index in [2.05, 4.69) is 27.9 Å². The molecule has 0 unspecified atom stereocenters. The lowest BCUT2D eigenvalue weighted by Gasteiger charge is -2.29. The van der Waals surface area contributed by atoms with Crippen molar-refractivity contribution >= 4 is 29.1 Å². The van der Waals surface area contributed by atoms with Crippen LogP contribution in [0, 0.1) is 5.92 Å². The van der Waals surface area contributed by atoms with Gasteiger partial charge in [0, 0.05) is 35.9 Å². The summed E-state index contributed by atoms with van der Waals surface area (Å²) in [7, 11) is 0. The number of benzene rings is 2. The van der Waals surface area contributed by atoms with Crippen molar-refractivity contribution in [1.82, 2.24) is 20.4 Å². The van der Waals surface area contributed by atoms with Gasteiger partial charge in [0.2, 0.25) is 0 Å². The lowest BCUT2D eigenvalue weighted by molar-refractivity contribution is 0.0945. The number of carbonyl (C=O) groups excluding carboxylic acids is 2. The quantitative estimate of drug-likeness (QED) is 0.592. The number of carbonyl (C=O) groups is 2. The van der Waals surface area contributed by atoms with E-state index < -0.39 is 0 Å². The molecule has 0 spiro atoms. The number of anilines is 1. The summed E-state index contributed by atoms with van der Waals surface area (Å²) in [6.07, 6.45) is 3.86. The topological polar surface area (TPSA) is 79.3 Å². The maximum atomic E-state index is 13.9. The normalized spacial score (nSPS) is 17.3. The number of amides is 2. The summed E-state index contributed by atoms with van der Waals surface area (Å²) in [6, 6.07) is 13.5. The predicted molar refractivity (Wildman–Crippen MR) is 131 cm³/mol. The van der Waals surface area contributed by atoms with Crippen LogP contribution >= 0.6 is 11.6 Å². The molecule has 7 nitrogen and oxygen atoms in total. The van der Waals surface area contributed by atoms with Gasteiger partial charge in [0.15, 0.2) is 5.69 Å². The SMILES string of the molecule is O=C(NCC1CC1)c1nn(-c2cccc(Cl)c2)c2c1CCN(c1ccc3c(c1)CNCC3)C2=O. The maximum Gasteiger partial charge on any atom is 0.277 e. The average Bonchev–Trinajstić information content (AvgIpc) is 3.60. The van der Waals surface area contributed by atoms with Crippen LogP contribution in [0.5, 0.6) is 0 Å². The molecule has 1 fully saturated rings. The van der Waals surface area contributed by atoms with Crippen LogP contribution in [0.1, 0.15) is 50.5 Å². The van der Waals surface area contributed by atoms with Crippen LogP contribution in [0.4, 0.5) is 5.69 Å². The van der Waals surface area contributed by atoms with E-state index in [1.807, 2.05) is 18.2 Å². The number of hydrogen-bond donors (Lipinski definition) is 2. The average molecular weight is 476 g/mol. The third kappa shape index (κ3) is 3.89. The minimum Gasteiger partial charge on any atom is -0.350 e. The zero-order valence-corrected chi connectivity index (χ0v) is 19.6. The molecule has 0 atom stereocenters. The molecule has 174 valence electrons. The van der Waals surface area contributed by atoms with Crippen molar-refractivity contribution in [2.24, 2.45) is 5.92 Å². The summed E-state index contributed by atoms with van der Waals surface area (Å²) in [4.78, 5) is 28.7. The second kappa shape index (κ2) is 8.56. The van der Waals surface area contributed by atoms with Gasteiger partial charge in [-0.05, 0) is 79.6 Å². The largest absolute Gasteiger partial charge is 0.350 e. The first kappa shape index (κ1) is 21.4. The number of hydrogen-bond acceptors (Lipinski definition) is 4. The minimum atomic E-state index is -0.218. The zero-order chi connectivity index (χ0) is 23.2. The molecule has 1 aliphatic carbocycles. The molecule has 1 saturated carbocycles. The molecule has 2 aromatic carbocycles. The summed E-state index contributed by atoms with van der Waals surface area (Å²) < 4.78 is 1.59. The van der Waals surface area contributed by atoms with Gasteiger partial charge in [-0.1, -0.05) is 23.7 Å². The van der Waals surface area contributed by atoms with Crippen molar-refractivity contribution in [2.75, 3.05) is 24.5 Å². The molecule has 8 heteroatoms. The van der Waals surface area contributed by atoms with Gasteiger partial charge in [0.05, 0.1) is 5.69 Å². The Bertz CT molecular complexity index is 1300. The van der Waals surface area contributed by atoms with Crippen molar-refractivity contribution in [1.29, 1.82) is 0 Å². The van der Waals surface area contributed by atoms with E-state index in [1.165, 1.54) is 11.1 Å². The number of halogens is 1. The summed E-state index contributed by atoms with van der Waals surface area (Å²) in [5.74, 6) is 0.189. The lowest BCUT2D eigenvalue weighted by Crippen LogP contribution is -2.39. The third-order valence-electron chi connectivity index (χ3n) is 6.92. The summed E-state index contributed by atoms with van der Waals surface area (Å²) in [5.41, 5.74) is 5.55. The molecule has 2 aliphatic heterocycles. The van der Waals surface area contributed by atoms with Crippen LogP contribution in [-0.4, -0.2) is 41.2 Å². The van der Waals surface area contributed by atoms with Crippen molar-refractivity contribution < 1.29 is 9.59 Å². The van der Waals surface area contributed by atoms with Gasteiger partial charge in [-0.2, -0.15) is 5.10 Å². The smallest absolute Gasteiger partial charge is 0.277 e. The van der Waals surface area contributed by atoms with Crippen molar-refractivity contribution in [3.63, 3.8) is 0 Å². The highest BCUT2D eigenvalue weighted by molar-refractivity contribution is 6.30. The molecule has 2 amide bonds. The van der Waals surface area contributed by atoms with E-state index >= 15 is 0 Å². The third-order valence-corrected chi connectivity index (χ3v) is 7.16.